The predicted molar refractivity (Wildman–Crippen MR) is 116 cm³/mol. The Hall–Kier alpha value is -2.20. The molecule has 0 bridgehead atoms. The van der Waals surface area contributed by atoms with Gasteiger partial charge in [0.25, 0.3) is 11.8 Å². The number of alkyl halides is 3. The van der Waals surface area contributed by atoms with Crippen LogP contribution in [0.15, 0.2) is 24.3 Å². The van der Waals surface area contributed by atoms with Gasteiger partial charge in [-0.15, -0.1) is 0 Å². The van der Waals surface area contributed by atoms with Crippen molar-refractivity contribution in [2.45, 2.75) is 59.6 Å². The molecule has 2 unspecified atom stereocenters. The number of halogens is 3. The van der Waals surface area contributed by atoms with Crippen molar-refractivity contribution in [3.05, 3.63) is 35.4 Å². The third-order valence-corrected chi connectivity index (χ3v) is 6.29. The molecule has 0 saturated carbocycles. The number of carbonyl (C=O) groups is 3. The molecule has 178 valence electrons. The summed E-state index contributed by atoms with van der Waals surface area (Å²) in [5.41, 5.74) is -3.02. The lowest BCUT2D eigenvalue weighted by molar-refractivity contribution is -0.265. The number of nitrogens with one attached hydrogen (secondary N) is 1. The second-order valence-electron chi connectivity index (χ2n) is 9.75. The Bertz CT molecular complexity index is 847. The zero-order valence-corrected chi connectivity index (χ0v) is 20.6. The summed E-state index contributed by atoms with van der Waals surface area (Å²) in [5.74, 6) is -4.96. The second-order valence-corrected chi connectivity index (χ2v) is 12.1. The summed E-state index contributed by atoms with van der Waals surface area (Å²) in [5, 5.41) is 2.48. The van der Waals surface area contributed by atoms with Crippen LogP contribution in [0.3, 0.4) is 0 Å². The van der Waals surface area contributed by atoms with Gasteiger partial charge in [0, 0.05) is 5.92 Å². The van der Waals surface area contributed by atoms with E-state index < -0.39 is 62.5 Å². The summed E-state index contributed by atoms with van der Waals surface area (Å²) in [6, 6.07) is 6.13. The Morgan fingerprint density at radius 2 is 1.53 bits per heavy atom. The normalized spacial score (nSPS) is 17.6. The fourth-order valence-electron chi connectivity index (χ4n) is 4.33. The van der Waals surface area contributed by atoms with E-state index in [9.17, 15) is 27.6 Å². The molecule has 1 aliphatic rings. The minimum atomic E-state index is -4.67. The van der Waals surface area contributed by atoms with Gasteiger partial charge in [-0.2, -0.15) is 13.2 Å². The number of fused-ring (bicyclic) bond motifs is 1. The van der Waals surface area contributed by atoms with Gasteiger partial charge < -0.3 is 9.74 Å². The van der Waals surface area contributed by atoms with Gasteiger partial charge in [0.2, 0.25) is 5.91 Å². The third-order valence-electron chi connectivity index (χ3n) is 5.43. The molecule has 0 spiro atoms. The number of nitrogens with zero attached hydrogens (tertiary/aromatic N) is 1. The highest BCUT2D eigenvalue weighted by Gasteiger charge is 2.61. The van der Waals surface area contributed by atoms with Gasteiger partial charge in [0.1, 0.15) is 18.2 Å². The monoisotopic (exact) mass is 472 g/mol. The number of imide groups is 1. The van der Waals surface area contributed by atoms with Crippen molar-refractivity contribution in [1.29, 1.82) is 0 Å². The van der Waals surface area contributed by atoms with Crippen LogP contribution < -0.4 is 5.32 Å². The SMILES string of the molecule is CC(C)C(NC(=O)CN1C(=O)c2ccccc2C1=O)(O[SiH](C)C)C(C(C)(C)C)C(F)(F)F. The number of rotatable bonds is 7. The van der Waals surface area contributed by atoms with E-state index in [1.165, 1.54) is 32.9 Å². The van der Waals surface area contributed by atoms with E-state index in [1.54, 1.807) is 39.1 Å². The maximum Gasteiger partial charge on any atom is 0.396 e. The Morgan fingerprint density at radius 1 is 1.06 bits per heavy atom. The first kappa shape index (κ1) is 26.1. The van der Waals surface area contributed by atoms with Crippen LogP contribution in [0.4, 0.5) is 13.2 Å². The van der Waals surface area contributed by atoms with Gasteiger partial charge in [-0.3, -0.25) is 19.3 Å². The van der Waals surface area contributed by atoms with Crippen molar-refractivity contribution in [3.63, 3.8) is 0 Å². The lowest BCUT2D eigenvalue weighted by atomic mass is 9.70. The van der Waals surface area contributed by atoms with Crippen molar-refractivity contribution < 1.29 is 32.0 Å². The molecule has 3 amide bonds. The maximum atomic E-state index is 14.3. The van der Waals surface area contributed by atoms with Crippen LogP contribution in [0.2, 0.25) is 13.1 Å². The highest BCUT2D eigenvalue weighted by Crippen LogP contribution is 2.49. The second kappa shape index (κ2) is 8.97. The molecular weight excluding hydrogens is 441 g/mol. The molecule has 0 radical (unpaired) electrons. The van der Waals surface area contributed by atoms with Crippen molar-refractivity contribution in [1.82, 2.24) is 10.2 Å². The van der Waals surface area contributed by atoms with Crippen LogP contribution in [0, 0.1) is 17.3 Å². The molecule has 0 fully saturated rings. The summed E-state index contributed by atoms with van der Waals surface area (Å²) >= 11 is 0. The molecule has 6 nitrogen and oxygen atoms in total. The summed E-state index contributed by atoms with van der Waals surface area (Å²) < 4.78 is 49.0. The van der Waals surface area contributed by atoms with E-state index in [-0.39, 0.29) is 11.1 Å². The van der Waals surface area contributed by atoms with E-state index in [4.69, 9.17) is 4.43 Å². The molecule has 0 saturated heterocycles. The Morgan fingerprint density at radius 3 is 1.88 bits per heavy atom. The first-order valence-corrected chi connectivity index (χ1v) is 13.3. The number of hydrogen-bond acceptors (Lipinski definition) is 4. The summed E-state index contributed by atoms with van der Waals surface area (Å²) in [4.78, 5) is 38.9. The van der Waals surface area contributed by atoms with Crippen LogP contribution in [0.5, 0.6) is 0 Å². The smallest absolute Gasteiger partial charge is 0.396 e. The largest absolute Gasteiger partial charge is 0.398 e. The molecule has 1 heterocycles. The zero-order chi connectivity index (χ0) is 24.6. The lowest BCUT2D eigenvalue weighted by Crippen LogP contribution is -2.68. The lowest BCUT2D eigenvalue weighted by Gasteiger charge is -2.51. The molecule has 0 aromatic heterocycles. The molecule has 2 rings (SSSR count). The van der Waals surface area contributed by atoms with Gasteiger partial charge in [0.15, 0.2) is 9.04 Å². The zero-order valence-electron chi connectivity index (χ0n) is 19.5. The molecule has 10 heteroatoms. The molecule has 2 atom stereocenters. The number of benzene rings is 1. The number of amides is 3. The summed E-state index contributed by atoms with van der Waals surface area (Å²) in [6.45, 7) is 10.2. The molecular formula is C22H31F3N2O4Si. The van der Waals surface area contributed by atoms with Crippen molar-refractivity contribution >= 4 is 26.8 Å². The highest BCUT2D eigenvalue weighted by atomic mass is 28.3. The molecule has 1 N–H and O–H groups in total. The van der Waals surface area contributed by atoms with Gasteiger partial charge in [0.05, 0.1) is 11.1 Å². The van der Waals surface area contributed by atoms with E-state index in [2.05, 4.69) is 5.32 Å². The molecule has 1 aromatic carbocycles. The minimum Gasteiger partial charge on any atom is -0.398 e. The van der Waals surface area contributed by atoms with E-state index in [0.717, 1.165) is 4.90 Å². The first-order valence-electron chi connectivity index (χ1n) is 10.5. The van der Waals surface area contributed by atoms with Gasteiger partial charge in [-0.05, 0) is 30.6 Å². The Kier molecular flexibility index (Phi) is 7.31. The first-order chi connectivity index (χ1) is 14.5. The van der Waals surface area contributed by atoms with Crippen molar-refractivity contribution in [2.75, 3.05) is 6.54 Å². The van der Waals surface area contributed by atoms with Gasteiger partial charge in [-0.1, -0.05) is 46.8 Å². The van der Waals surface area contributed by atoms with Crippen molar-refractivity contribution in [3.8, 4) is 0 Å². The summed E-state index contributed by atoms with van der Waals surface area (Å²) in [6.07, 6.45) is -4.67. The molecule has 1 aliphatic heterocycles. The average Bonchev–Trinajstić information content (AvgIpc) is 2.83. The van der Waals surface area contributed by atoms with Crippen LogP contribution in [-0.2, 0) is 9.22 Å². The molecule has 32 heavy (non-hydrogen) atoms. The van der Waals surface area contributed by atoms with E-state index in [0.29, 0.717) is 0 Å². The van der Waals surface area contributed by atoms with Crippen LogP contribution in [0.1, 0.15) is 55.3 Å². The molecule has 1 aromatic rings. The minimum absolute atomic E-state index is 0.161. The van der Waals surface area contributed by atoms with Crippen LogP contribution in [-0.4, -0.2) is 50.1 Å². The number of hydrogen-bond donors (Lipinski definition) is 1. The third kappa shape index (κ3) is 5.06. The topological polar surface area (TPSA) is 75.7 Å². The highest BCUT2D eigenvalue weighted by molar-refractivity contribution is 6.48. The van der Waals surface area contributed by atoms with Crippen LogP contribution in [0.25, 0.3) is 0 Å². The summed E-state index contributed by atoms with van der Waals surface area (Å²) in [7, 11) is -2.08. The standard InChI is InChI=1S/C22H31F3N2O4Si/c1-13(2)21(31-32(6)7,19(20(3,4)5)22(23,24)25)26-16(28)12-27-17(29)14-10-8-9-11-15(14)18(27)30/h8-11,13,19,32H,12H2,1-7H3,(H,26,28). The quantitative estimate of drug-likeness (QED) is 0.370. The fraction of sp³-hybridized carbons (Fsp3) is 0.591. The predicted octanol–water partition coefficient (Wildman–Crippen LogP) is 3.98. The fourth-order valence-corrected chi connectivity index (χ4v) is 5.58. The number of carbonyl (C=O) groups excluding carboxylic acids is 3. The molecule has 0 aliphatic carbocycles. The van der Waals surface area contributed by atoms with Crippen LogP contribution >= 0.6 is 0 Å². The van der Waals surface area contributed by atoms with E-state index in [1.807, 2.05) is 0 Å². The average molecular weight is 473 g/mol. The Labute approximate surface area is 188 Å². The maximum absolute atomic E-state index is 14.3. The van der Waals surface area contributed by atoms with Gasteiger partial charge in [-0.25, -0.2) is 0 Å². The van der Waals surface area contributed by atoms with Crippen molar-refractivity contribution in [2.24, 2.45) is 17.3 Å². The van der Waals surface area contributed by atoms with Gasteiger partial charge >= 0.3 is 6.18 Å². The van der Waals surface area contributed by atoms with E-state index >= 15 is 0 Å². The Balaban J connectivity index is 2.43.